The molecule has 0 fully saturated rings. The Morgan fingerprint density at radius 1 is 1.38 bits per heavy atom. The number of carbonyl (C=O) groups is 1. The summed E-state index contributed by atoms with van der Waals surface area (Å²) in [6.45, 7) is 2.51. The van der Waals surface area contributed by atoms with Gasteiger partial charge in [0.25, 0.3) is 0 Å². The van der Waals surface area contributed by atoms with Gasteiger partial charge in [-0.25, -0.2) is 4.79 Å². The van der Waals surface area contributed by atoms with Crippen LogP contribution in [0.1, 0.15) is 24.2 Å². The van der Waals surface area contributed by atoms with E-state index in [2.05, 4.69) is 28.0 Å². The average molecular weight is 287 g/mol. The van der Waals surface area contributed by atoms with Gasteiger partial charge in [0.2, 0.25) is 0 Å². The fourth-order valence-electron chi connectivity index (χ4n) is 1.97. The third-order valence-electron chi connectivity index (χ3n) is 3.43. The van der Waals surface area contributed by atoms with E-state index in [0.717, 1.165) is 16.9 Å². The fraction of sp³-hybridized carbons (Fsp3) is 0.333. The normalized spacial score (nSPS) is 12.0. The molecule has 0 aliphatic rings. The fourth-order valence-corrected chi connectivity index (χ4v) is 1.97. The van der Waals surface area contributed by atoms with E-state index in [1.54, 1.807) is 10.9 Å². The lowest BCUT2D eigenvalue weighted by atomic mass is 10.1. The van der Waals surface area contributed by atoms with Crippen molar-refractivity contribution >= 4 is 11.7 Å². The van der Waals surface area contributed by atoms with Crippen molar-refractivity contribution in [3.05, 3.63) is 47.8 Å². The highest BCUT2D eigenvalue weighted by atomic mass is 16.2. The molecule has 0 radical (unpaired) electrons. The van der Waals surface area contributed by atoms with Crippen molar-refractivity contribution in [3.8, 4) is 0 Å². The summed E-state index contributed by atoms with van der Waals surface area (Å²) in [5, 5.41) is 12.9. The number of nitrogens with zero attached hydrogens (tertiary/aromatic N) is 2. The molecule has 0 spiro atoms. The predicted molar refractivity (Wildman–Crippen MR) is 83.0 cm³/mol. The molecule has 21 heavy (non-hydrogen) atoms. The Morgan fingerprint density at radius 3 is 2.86 bits per heavy atom. The van der Waals surface area contributed by atoms with Crippen LogP contribution in [-0.2, 0) is 13.6 Å². The summed E-state index contributed by atoms with van der Waals surface area (Å²) < 4.78 is 1.73. The van der Waals surface area contributed by atoms with Gasteiger partial charge in [-0.15, -0.1) is 0 Å². The van der Waals surface area contributed by atoms with E-state index in [-0.39, 0.29) is 12.1 Å². The quantitative estimate of drug-likeness (QED) is 0.788. The molecule has 6 heteroatoms. The molecule has 0 aliphatic heterocycles. The van der Waals surface area contributed by atoms with Crippen molar-refractivity contribution in [1.29, 1.82) is 0 Å². The summed E-state index contributed by atoms with van der Waals surface area (Å²) in [5.41, 5.74) is 2.85. The summed E-state index contributed by atoms with van der Waals surface area (Å²) >= 11 is 0. The number of hydrogen-bond acceptors (Lipinski definition) is 3. The first-order chi connectivity index (χ1) is 10.1. The lowest BCUT2D eigenvalue weighted by Gasteiger charge is -2.13. The van der Waals surface area contributed by atoms with E-state index < -0.39 is 0 Å². The highest BCUT2D eigenvalue weighted by Gasteiger charge is 2.06. The van der Waals surface area contributed by atoms with Crippen molar-refractivity contribution in [2.24, 2.45) is 7.05 Å². The number of anilines is 1. The van der Waals surface area contributed by atoms with Gasteiger partial charge in [-0.05, 0) is 37.7 Å². The smallest absolute Gasteiger partial charge is 0.319 e. The third kappa shape index (κ3) is 4.06. The predicted octanol–water partition coefficient (Wildman–Crippen LogP) is 2.02. The van der Waals surface area contributed by atoms with Gasteiger partial charge in [0.1, 0.15) is 0 Å². The number of aromatic nitrogens is 2. The number of amides is 2. The van der Waals surface area contributed by atoms with E-state index >= 15 is 0 Å². The Kier molecular flexibility index (Phi) is 4.94. The molecule has 1 atom stereocenters. The Bertz CT molecular complexity index is 608. The number of benzene rings is 1. The topological polar surface area (TPSA) is 71.0 Å². The zero-order valence-corrected chi connectivity index (χ0v) is 12.6. The van der Waals surface area contributed by atoms with Crippen LogP contribution in [0, 0.1) is 0 Å². The minimum atomic E-state index is -0.231. The van der Waals surface area contributed by atoms with Crippen LogP contribution in [0.5, 0.6) is 0 Å². The van der Waals surface area contributed by atoms with Gasteiger partial charge in [-0.2, -0.15) is 5.10 Å². The zero-order valence-electron chi connectivity index (χ0n) is 12.6. The molecule has 0 saturated carbocycles. The molecule has 1 aromatic carbocycles. The van der Waals surface area contributed by atoms with Gasteiger partial charge < -0.3 is 16.0 Å². The Hall–Kier alpha value is -2.34. The van der Waals surface area contributed by atoms with Gasteiger partial charge in [0, 0.05) is 25.0 Å². The van der Waals surface area contributed by atoms with Crippen LogP contribution >= 0.6 is 0 Å². The molecule has 0 aliphatic carbocycles. The lowest BCUT2D eigenvalue weighted by Crippen LogP contribution is -2.29. The highest BCUT2D eigenvalue weighted by molar-refractivity contribution is 5.89. The first-order valence-electron chi connectivity index (χ1n) is 6.89. The molecule has 3 N–H and O–H groups in total. The summed E-state index contributed by atoms with van der Waals surface area (Å²) in [4.78, 5) is 11.9. The number of rotatable bonds is 5. The summed E-state index contributed by atoms with van der Waals surface area (Å²) in [6, 6.07) is 9.67. The molecule has 6 nitrogen and oxygen atoms in total. The summed E-state index contributed by atoms with van der Waals surface area (Å²) in [5.74, 6) is 0. The molecule has 2 amide bonds. The first kappa shape index (κ1) is 15.1. The van der Waals surface area contributed by atoms with E-state index in [1.807, 2.05) is 44.4 Å². The SMILES string of the molecule is CNC(C)c1cccc(NC(=O)NCc2ccnn2C)c1. The number of nitrogens with one attached hydrogen (secondary N) is 3. The summed E-state index contributed by atoms with van der Waals surface area (Å²) in [6.07, 6.45) is 1.71. The van der Waals surface area contributed by atoms with Crippen LogP contribution in [0.4, 0.5) is 10.5 Å². The molecule has 0 saturated heterocycles. The van der Waals surface area contributed by atoms with Crippen molar-refractivity contribution in [2.45, 2.75) is 19.5 Å². The maximum Gasteiger partial charge on any atom is 0.319 e. The van der Waals surface area contributed by atoms with Crippen LogP contribution in [0.2, 0.25) is 0 Å². The van der Waals surface area contributed by atoms with E-state index in [9.17, 15) is 4.79 Å². The van der Waals surface area contributed by atoms with Crippen LogP contribution in [0.15, 0.2) is 36.5 Å². The second-order valence-corrected chi connectivity index (χ2v) is 4.89. The molecule has 1 unspecified atom stereocenters. The van der Waals surface area contributed by atoms with Gasteiger partial charge in [-0.1, -0.05) is 12.1 Å². The molecule has 2 aromatic rings. The standard InChI is InChI=1S/C15H21N5O/c1-11(16-2)12-5-4-6-13(9-12)19-15(21)17-10-14-7-8-18-20(14)3/h4-9,11,16H,10H2,1-3H3,(H2,17,19,21). The van der Waals surface area contributed by atoms with Gasteiger partial charge >= 0.3 is 6.03 Å². The third-order valence-corrected chi connectivity index (χ3v) is 3.43. The van der Waals surface area contributed by atoms with Crippen molar-refractivity contribution in [2.75, 3.05) is 12.4 Å². The number of hydrogen-bond donors (Lipinski definition) is 3. The van der Waals surface area contributed by atoms with Crippen LogP contribution in [0.3, 0.4) is 0 Å². The average Bonchev–Trinajstić information content (AvgIpc) is 2.90. The van der Waals surface area contributed by atoms with Gasteiger partial charge in [0.15, 0.2) is 0 Å². The van der Waals surface area contributed by atoms with Gasteiger partial charge in [0.05, 0.1) is 12.2 Å². The molecule has 1 heterocycles. The summed E-state index contributed by atoms with van der Waals surface area (Å²) in [7, 11) is 3.75. The van der Waals surface area contributed by atoms with E-state index in [0.29, 0.717) is 6.54 Å². The number of carbonyl (C=O) groups excluding carboxylic acids is 1. The van der Waals surface area contributed by atoms with Crippen LogP contribution < -0.4 is 16.0 Å². The van der Waals surface area contributed by atoms with Crippen molar-refractivity contribution in [1.82, 2.24) is 20.4 Å². The minimum Gasteiger partial charge on any atom is -0.332 e. The van der Waals surface area contributed by atoms with Crippen molar-refractivity contribution < 1.29 is 4.79 Å². The number of aryl methyl sites for hydroxylation is 1. The highest BCUT2D eigenvalue weighted by Crippen LogP contribution is 2.16. The molecule has 0 bridgehead atoms. The van der Waals surface area contributed by atoms with Gasteiger partial charge in [-0.3, -0.25) is 4.68 Å². The second kappa shape index (κ2) is 6.90. The zero-order chi connectivity index (χ0) is 15.2. The first-order valence-corrected chi connectivity index (χ1v) is 6.89. The molecule has 112 valence electrons. The molecule has 2 rings (SSSR count). The monoisotopic (exact) mass is 287 g/mol. The second-order valence-electron chi connectivity index (χ2n) is 4.89. The number of urea groups is 1. The largest absolute Gasteiger partial charge is 0.332 e. The van der Waals surface area contributed by atoms with Crippen LogP contribution in [-0.4, -0.2) is 22.9 Å². The minimum absolute atomic E-state index is 0.231. The molecular weight excluding hydrogens is 266 g/mol. The molecular formula is C15H21N5O. The van der Waals surface area contributed by atoms with E-state index in [1.165, 1.54) is 0 Å². The Morgan fingerprint density at radius 2 is 2.19 bits per heavy atom. The van der Waals surface area contributed by atoms with Crippen LogP contribution in [0.25, 0.3) is 0 Å². The molecule has 1 aromatic heterocycles. The van der Waals surface area contributed by atoms with E-state index in [4.69, 9.17) is 0 Å². The maximum absolute atomic E-state index is 11.9. The Balaban J connectivity index is 1.92. The Labute approximate surface area is 124 Å². The maximum atomic E-state index is 11.9. The van der Waals surface area contributed by atoms with Crippen molar-refractivity contribution in [3.63, 3.8) is 0 Å². The lowest BCUT2D eigenvalue weighted by molar-refractivity contribution is 0.251.